The van der Waals surface area contributed by atoms with Crippen LogP contribution in [-0.4, -0.2) is 8.42 Å². The zero-order chi connectivity index (χ0) is 11.2. The topological polar surface area (TPSA) is 34.1 Å². The largest absolute Gasteiger partial charge is 0.341 e. The summed E-state index contributed by atoms with van der Waals surface area (Å²) in [6, 6.07) is 4.97. The number of rotatable bonds is 1. The summed E-state index contributed by atoms with van der Waals surface area (Å²) in [6.07, 6.45) is 0. The Kier molecular flexibility index (Phi) is 2.48. The van der Waals surface area contributed by atoms with Gasteiger partial charge in [-0.05, 0) is 30.0 Å². The molecule has 0 fully saturated rings. The second kappa shape index (κ2) is 3.43. The maximum atomic E-state index is 12.9. The van der Waals surface area contributed by atoms with E-state index in [1.807, 2.05) is 0 Å². The maximum Gasteiger partial charge on any atom is 0.341 e. The number of fused-ring (bicyclic) bond motifs is 1. The monoisotopic (exact) mass is 264 g/mol. The molecule has 2 aromatic rings. The minimum absolute atomic E-state index is 0.236. The van der Waals surface area contributed by atoms with Crippen LogP contribution in [0.1, 0.15) is 5.56 Å². The van der Waals surface area contributed by atoms with E-state index in [-0.39, 0.29) is 4.21 Å². The van der Waals surface area contributed by atoms with E-state index in [9.17, 15) is 12.3 Å². The van der Waals surface area contributed by atoms with Crippen LogP contribution < -0.4 is 0 Å². The molecular formula is C9H6ClFO2S2. The van der Waals surface area contributed by atoms with Crippen molar-refractivity contribution in [3.8, 4) is 0 Å². The Balaban J connectivity index is 2.87. The van der Waals surface area contributed by atoms with Gasteiger partial charge in [0.1, 0.15) is 0 Å². The Labute approximate surface area is 95.5 Å². The summed E-state index contributed by atoms with van der Waals surface area (Å²) in [7, 11) is -4.63. The molecule has 0 aliphatic heterocycles. The first-order valence-electron chi connectivity index (χ1n) is 4.03. The quantitative estimate of drug-likeness (QED) is 0.739. The fraction of sp³-hybridized carbons (Fsp3) is 0.111. The van der Waals surface area contributed by atoms with Gasteiger partial charge in [0.25, 0.3) is 0 Å². The lowest BCUT2D eigenvalue weighted by atomic mass is 10.2. The molecule has 1 aromatic carbocycles. The molecule has 0 bridgehead atoms. The van der Waals surface area contributed by atoms with Gasteiger partial charge in [-0.25, -0.2) is 0 Å². The highest BCUT2D eigenvalue weighted by atomic mass is 35.5. The number of thiophene rings is 1. The second-order valence-electron chi connectivity index (χ2n) is 3.09. The highest BCUT2D eigenvalue weighted by Gasteiger charge is 2.20. The Morgan fingerprint density at radius 2 is 2.07 bits per heavy atom. The van der Waals surface area contributed by atoms with Crippen LogP contribution in [0, 0.1) is 6.92 Å². The standard InChI is InChI=1S/C9H6ClFO2S2/c1-5-7-3-2-6(10)4-8(7)14-9(5)15(11,12)13/h2-4H,1H3. The smallest absolute Gasteiger partial charge is 0.188 e. The third-order valence-corrected chi connectivity index (χ3v) is 4.96. The van der Waals surface area contributed by atoms with Gasteiger partial charge < -0.3 is 0 Å². The molecule has 0 unspecified atom stereocenters. The molecule has 2 rings (SSSR count). The molecule has 0 spiro atoms. The van der Waals surface area contributed by atoms with E-state index in [4.69, 9.17) is 11.6 Å². The fourth-order valence-electron chi connectivity index (χ4n) is 1.41. The van der Waals surface area contributed by atoms with Crippen LogP contribution in [0.2, 0.25) is 5.02 Å². The molecule has 2 nitrogen and oxygen atoms in total. The number of aryl methyl sites for hydroxylation is 1. The summed E-state index contributed by atoms with van der Waals surface area (Å²) < 4.78 is 34.9. The molecule has 0 aliphatic rings. The van der Waals surface area contributed by atoms with Gasteiger partial charge in [-0.15, -0.1) is 11.3 Å². The van der Waals surface area contributed by atoms with Gasteiger partial charge in [0.15, 0.2) is 4.21 Å². The number of halogens is 2. The predicted molar refractivity (Wildman–Crippen MR) is 59.9 cm³/mol. The van der Waals surface area contributed by atoms with Crippen molar-refractivity contribution >= 4 is 43.2 Å². The highest BCUT2D eigenvalue weighted by molar-refractivity contribution is 7.88. The molecule has 0 atom stereocenters. The van der Waals surface area contributed by atoms with Crippen LogP contribution in [0.3, 0.4) is 0 Å². The Morgan fingerprint density at radius 1 is 1.40 bits per heavy atom. The van der Waals surface area contributed by atoms with Crippen LogP contribution in [0.5, 0.6) is 0 Å². The molecule has 0 saturated heterocycles. The Morgan fingerprint density at radius 3 is 2.67 bits per heavy atom. The molecule has 1 heterocycles. The van der Waals surface area contributed by atoms with Crippen molar-refractivity contribution in [2.75, 3.05) is 0 Å². The third kappa shape index (κ3) is 1.87. The van der Waals surface area contributed by atoms with E-state index in [0.717, 1.165) is 16.7 Å². The van der Waals surface area contributed by atoms with Crippen molar-refractivity contribution in [1.82, 2.24) is 0 Å². The summed E-state index contributed by atoms with van der Waals surface area (Å²) in [5, 5.41) is 1.23. The van der Waals surface area contributed by atoms with E-state index < -0.39 is 10.2 Å². The number of benzene rings is 1. The average Bonchev–Trinajstić information content (AvgIpc) is 2.42. The molecule has 1 aromatic heterocycles. The van der Waals surface area contributed by atoms with Crippen molar-refractivity contribution in [3.05, 3.63) is 28.8 Å². The van der Waals surface area contributed by atoms with Gasteiger partial charge in [-0.2, -0.15) is 8.42 Å². The molecule has 15 heavy (non-hydrogen) atoms. The lowest BCUT2D eigenvalue weighted by molar-refractivity contribution is 0.554. The second-order valence-corrected chi connectivity index (χ2v) is 6.12. The predicted octanol–water partition coefficient (Wildman–Crippen LogP) is 3.52. The summed E-state index contributed by atoms with van der Waals surface area (Å²) in [4.78, 5) is 0. The van der Waals surface area contributed by atoms with E-state index in [0.29, 0.717) is 15.3 Å². The van der Waals surface area contributed by atoms with Crippen LogP contribution in [0.15, 0.2) is 22.4 Å². The summed E-state index contributed by atoms with van der Waals surface area (Å²) in [5.41, 5.74) is 0.439. The lowest BCUT2D eigenvalue weighted by Crippen LogP contribution is -1.89. The highest BCUT2D eigenvalue weighted by Crippen LogP contribution is 2.36. The zero-order valence-electron chi connectivity index (χ0n) is 7.62. The van der Waals surface area contributed by atoms with Crippen molar-refractivity contribution in [2.24, 2.45) is 0 Å². The lowest BCUT2D eigenvalue weighted by Gasteiger charge is -1.92. The van der Waals surface area contributed by atoms with E-state index in [1.54, 1.807) is 25.1 Å². The normalized spacial score (nSPS) is 12.2. The molecule has 6 heteroatoms. The fourth-order valence-corrected chi connectivity index (χ4v) is 3.77. The first-order valence-corrected chi connectivity index (χ1v) is 6.61. The van der Waals surface area contributed by atoms with E-state index in [2.05, 4.69) is 0 Å². The number of hydrogen-bond acceptors (Lipinski definition) is 3. The first-order chi connectivity index (χ1) is 6.89. The van der Waals surface area contributed by atoms with E-state index in [1.165, 1.54) is 0 Å². The zero-order valence-corrected chi connectivity index (χ0v) is 10.0. The maximum absolute atomic E-state index is 12.9. The van der Waals surface area contributed by atoms with Crippen molar-refractivity contribution < 1.29 is 12.3 Å². The van der Waals surface area contributed by atoms with Gasteiger partial charge in [0.05, 0.1) is 0 Å². The molecule has 0 amide bonds. The van der Waals surface area contributed by atoms with Crippen molar-refractivity contribution in [3.63, 3.8) is 0 Å². The van der Waals surface area contributed by atoms with Crippen molar-refractivity contribution in [2.45, 2.75) is 11.1 Å². The average molecular weight is 265 g/mol. The Hall–Kier alpha value is -0.650. The Bertz CT molecular complexity index is 631. The van der Waals surface area contributed by atoms with Gasteiger partial charge in [-0.3, -0.25) is 0 Å². The molecular weight excluding hydrogens is 259 g/mol. The molecule has 0 radical (unpaired) electrons. The van der Waals surface area contributed by atoms with Crippen LogP contribution in [0.4, 0.5) is 3.89 Å². The molecule has 80 valence electrons. The first kappa shape index (κ1) is 10.9. The van der Waals surface area contributed by atoms with Crippen LogP contribution >= 0.6 is 22.9 Å². The van der Waals surface area contributed by atoms with Crippen molar-refractivity contribution in [1.29, 1.82) is 0 Å². The summed E-state index contributed by atoms with van der Waals surface area (Å²) in [5.74, 6) is 0. The summed E-state index contributed by atoms with van der Waals surface area (Å²) in [6.45, 7) is 1.58. The minimum atomic E-state index is -4.63. The van der Waals surface area contributed by atoms with Crippen LogP contribution in [0.25, 0.3) is 10.1 Å². The van der Waals surface area contributed by atoms with Gasteiger partial charge in [-0.1, -0.05) is 21.6 Å². The third-order valence-electron chi connectivity index (χ3n) is 2.08. The molecule has 0 N–H and O–H groups in total. The molecule has 0 aliphatic carbocycles. The van der Waals surface area contributed by atoms with Gasteiger partial charge >= 0.3 is 10.2 Å². The van der Waals surface area contributed by atoms with Gasteiger partial charge in [0.2, 0.25) is 0 Å². The minimum Gasteiger partial charge on any atom is -0.188 e. The molecule has 0 saturated carbocycles. The number of hydrogen-bond donors (Lipinski definition) is 0. The van der Waals surface area contributed by atoms with E-state index >= 15 is 0 Å². The van der Waals surface area contributed by atoms with Crippen LogP contribution in [-0.2, 0) is 10.2 Å². The summed E-state index contributed by atoms with van der Waals surface area (Å²) >= 11 is 6.66. The van der Waals surface area contributed by atoms with Gasteiger partial charge in [0, 0.05) is 9.72 Å². The SMILES string of the molecule is Cc1c(S(=O)(=O)F)sc2cc(Cl)ccc12.